The minimum atomic E-state index is -0.551. The maximum Gasteiger partial charge on any atom is 0.353 e. The zero-order chi connectivity index (χ0) is 21.2. The van der Waals surface area contributed by atoms with E-state index in [9.17, 15) is 14.9 Å². The second kappa shape index (κ2) is 10.8. The van der Waals surface area contributed by atoms with E-state index in [2.05, 4.69) is 9.97 Å². The van der Waals surface area contributed by atoms with E-state index in [1.807, 2.05) is 12.1 Å². The van der Waals surface area contributed by atoms with Gasteiger partial charge in [0.15, 0.2) is 0 Å². The summed E-state index contributed by atoms with van der Waals surface area (Å²) in [6.45, 7) is 3.22. The predicted octanol–water partition coefficient (Wildman–Crippen LogP) is 1.80. The Kier molecular flexibility index (Phi) is 8.10. The summed E-state index contributed by atoms with van der Waals surface area (Å²) in [7, 11) is 0. The summed E-state index contributed by atoms with van der Waals surface area (Å²) in [5, 5.41) is 29.7. The highest BCUT2D eigenvalue weighted by atomic mass is 16.6. The molecule has 11 nitrogen and oxygen atoms in total. The Balaban J connectivity index is 2.38. The van der Waals surface area contributed by atoms with Crippen molar-refractivity contribution >= 4 is 23.3 Å². The fraction of sp³-hybridized carbons (Fsp3) is 0.611. The van der Waals surface area contributed by atoms with E-state index in [4.69, 9.17) is 15.3 Å². The lowest BCUT2D eigenvalue weighted by Gasteiger charge is -2.32. The number of hydrogen-bond acceptors (Lipinski definition) is 10. The van der Waals surface area contributed by atoms with Crippen molar-refractivity contribution in [3.05, 3.63) is 16.4 Å². The fourth-order valence-corrected chi connectivity index (χ4v) is 3.30. The van der Waals surface area contributed by atoms with Crippen molar-refractivity contribution in [3.63, 3.8) is 0 Å². The molecule has 0 N–H and O–H groups in total. The van der Waals surface area contributed by atoms with Gasteiger partial charge < -0.3 is 14.5 Å². The van der Waals surface area contributed by atoms with Gasteiger partial charge in [0.25, 0.3) is 0 Å². The van der Waals surface area contributed by atoms with Gasteiger partial charge in [-0.1, -0.05) is 0 Å². The van der Waals surface area contributed by atoms with Crippen LogP contribution in [0.5, 0.6) is 0 Å². The molecule has 0 amide bonds. The third-order valence-electron chi connectivity index (χ3n) is 4.59. The molecule has 11 heteroatoms. The van der Waals surface area contributed by atoms with Crippen LogP contribution in [-0.2, 0) is 9.53 Å². The number of piperidine rings is 1. The Morgan fingerprint density at radius 2 is 2.07 bits per heavy atom. The van der Waals surface area contributed by atoms with Crippen LogP contribution in [0.25, 0.3) is 0 Å². The molecule has 0 radical (unpaired) electrons. The predicted molar refractivity (Wildman–Crippen MR) is 103 cm³/mol. The van der Waals surface area contributed by atoms with Gasteiger partial charge in [-0.15, -0.1) is 0 Å². The molecule has 1 aromatic rings. The zero-order valence-electron chi connectivity index (χ0n) is 16.3. The monoisotopic (exact) mass is 401 g/mol. The summed E-state index contributed by atoms with van der Waals surface area (Å²) in [4.78, 5) is 35.0. The standard InChI is InChI=1S/C18H23N7O4/c1-2-29-18(26)14-6-3-9-24(12-14)17-15(25(27)28)16(21-13-22-17)23(10-4-7-19)11-5-8-20/h13-14H,2-6,9-12H2,1H3. The molecule has 1 fully saturated rings. The molecular weight excluding hydrogens is 378 g/mol. The average molecular weight is 401 g/mol. The maximum absolute atomic E-state index is 12.1. The molecule has 29 heavy (non-hydrogen) atoms. The summed E-state index contributed by atoms with van der Waals surface area (Å²) in [5.41, 5.74) is -0.284. The number of nitro groups is 1. The van der Waals surface area contributed by atoms with Gasteiger partial charge >= 0.3 is 11.7 Å². The van der Waals surface area contributed by atoms with Gasteiger partial charge in [-0.25, -0.2) is 9.97 Å². The Bertz CT molecular complexity index is 799. The van der Waals surface area contributed by atoms with Crippen LogP contribution in [0.2, 0.25) is 0 Å². The van der Waals surface area contributed by atoms with Crippen molar-refractivity contribution in [1.29, 1.82) is 10.5 Å². The Morgan fingerprint density at radius 3 is 2.66 bits per heavy atom. The quantitative estimate of drug-likeness (QED) is 0.340. The molecule has 2 heterocycles. The first-order chi connectivity index (χ1) is 14.0. The van der Waals surface area contributed by atoms with Crippen molar-refractivity contribution in [1.82, 2.24) is 9.97 Å². The minimum absolute atomic E-state index is 0.0729. The van der Waals surface area contributed by atoms with Gasteiger partial charge in [-0.3, -0.25) is 14.9 Å². The van der Waals surface area contributed by atoms with Crippen LogP contribution < -0.4 is 9.80 Å². The van der Waals surface area contributed by atoms with Gasteiger partial charge in [0.2, 0.25) is 11.6 Å². The number of esters is 1. The molecule has 1 atom stereocenters. The van der Waals surface area contributed by atoms with Crippen LogP contribution in [0.15, 0.2) is 6.33 Å². The van der Waals surface area contributed by atoms with Crippen molar-refractivity contribution < 1.29 is 14.5 Å². The zero-order valence-corrected chi connectivity index (χ0v) is 16.3. The molecule has 0 spiro atoms. The number of carbonyl (C=O) groups is 1. The topological polar surface area (TPSA) is 149 Å². The second-order valence-corrected chi connectivity index (χ2v) is 6.47. The van der Waals surface area contributed by atoms with Gasteiger partial charge in [-0.2, -0.15) is 10.5 Å². The average Bonchev–Trinajstić information content (AvgIpc) is 2.73. The molecule has 0 bridgehead atoms. The third-order valence-corrected chi connectivity index (χ3v) is 4.59. The summed E-state index contributed by atoms with van der Waals surface area (Å²) in [5.74, 6) is -0.495. The summed E-state index contributed by atoms with van der Waals surface area (Å²) in [6.07, 6.45) is 2.83. The molecule has 1 saturated heterocycles. The van der Waals surface area contributed by atoms with Crippen LogP contribution >= 0.6 is 0 Å². The van der Waals surface area contributed by atoms with Crippen LogP contribution in [0, 0.1) is 38.7 Å². The number of hydrogen-bond donors (Lipinski definition) is 0. The lowest BCUT2D eigenvalue weighted by atomic mass is 9.98. The van der Waals surface area contributed by atoms with Crippen LogP contribution in [-0.4, -0.2) is 53.6 Å². The third kappa shape index (κ3) is 5.51. The molecular formula is C18H23N7O4. The maximum atomic E-state index is 12.1. The van der Waals surface area contributed by atoms with E-state index >= 15 is 0 Å². The normalized spacial score (nSPS) is 15.8. The lowest BCUT2D eigenvalue weighted by Crippen LogP contribution is -2.40. The van der Waals surface area contributed by atoms with Crippen molar-refractivity contribution in [2.24, 2.45) is 5.92 Å². The number of carbonyl (C=O) groups excluding carboxylic acids is 1. The number of nitrogens with zero attached hydrogens (tertiary/aromatic N) is 7. The molecule has 1 aliphatic rings. The smallest absolute Gasteiger partial charge is 0.353 e. The minimum Gasteiger partial charge on any atom is -0.466 e. The van der Waals surface area contributed by atoms with Crippen LogP contribution in [0.4, 0.5) is 17.3 Å². The Morgan fingerprint density at radius 1 is 1.38 bits per heavy atom. The molecule has 1 unspecified atom stereocenters. The lowest BCUT2D eigenvalue weighted by molar-refractivity contribution is -0.383. The number of rotatable bonds is 9. The first kappa shape index (κ1) is 21.8. The molecule has 154 valence electrons. The first-order valence-electron chi connectivity index (χ1n) is 9.43. The summed E-state index contributed by atoms with van der Waals surface area (Å²) >= 11 is 0. The number of ether oxygens (including phenoxy) is 1. The Labute approximate surface area is 168 Å². The van der Waals surface area contributed by atoms with Crippen molar-refractivity contribution in [2.45, 2.75) is 32.6 Å². The second-order valence-electron chi connectivity index (χ2n) is 6.47. The number of nitriles is 2. The number of anilines is 2. The summed E-state index contributed by atoms with van der Waals surface area (Å²) < 4.78 is 5.09. The molecule has 2 rings (SSSR count). The highest BCUT2D eigenvalue weighted by Crippen LogP contribution is 2.36. The summed E-state index contributed by atoms with van der Waals surface area (Å²) in [6, 6.07) is 4.00. The van der Waals surface area contributed by atoms with Gasteiger partial charge in [0.1, 0.15) is 6.33 Å². The highest BCUT2D eigenvalue weighted by Gasteiger charge is 2.34. The van der Waals surface area contributed by atoms with E-state index in [-0.39, 0.29) is 68.3 Å². The van der Waals surface area contributed by atoms with Crippen molar-refractivity contribution in [2.75, 3.05) is 42.6 Å². The van der Waals surface area contributed by atoms with Gasteiger partial charge in [0, 0.05) is 26.2 Å². The largest absolute Gasteiger partial charge is 0.466 e. The molecule has 0 aromatic carbocycles. The SMILES string of the molecule is CCOC(=O)C1CCCN(c2ncnc(N(CCC#N)CCC#N)c2[N+](=O)[O-])C1. The first-order valence-corrected chi connectivity index (χ1v) is 9.43. The molecule has 0 aliphatic carbocycles. The molecule has 0 saturated carbocycles. The van der Waals surface area contributed by atoms with E-state index in [0.29, 0.717) is 19.4 Å². The Hall–Kier alpha value is -3.47. The van der Waals surface area contributed by atoms with E-state index in [0.717, 1.165) is 0 Å². The van der Waals surface area contributed by atoms with Gasteiger partial charge in [-0.05, 0) is 19.8 Å². The fourth-order valence-electron chi connectivity index (χ4n) is 3.30. The van der Waals surface area contributed by atoms with Crippen LogP contribution in [0.3, 0.4) is 0 Å². The van der Waals surface area contributed by atoms with Gasteiger partial charge in [0.05, 0.1) is 42.4 Å². The van der Waals surface area contributed by atoms with Crippen molar-refractivity contribution in [3.8, 4) is 12.1 Å². The van der Waals surface area contributed by atoms with Crippen LogP contribution in [0.1, 0.15) is 32.6 Å². The molecule has 1 aromatic heterocycles. The van der Waals surface area contributed by atoms with E-state index in [1.54, 1.807) is 16.7 Å². The molecule has 1 aliphatic heterocycles. The highest BCUT2D eigenvalue weighted by molar-refractivity contribution is 5.75. The van der Waals surface area contributed by atoms with E-state index < -0.39 is 4.92 Å². The number of aromatic nitrogens is 2. The van der Waals surface area contributed by atoms with E-state index in [1.165, 1.54) is 6.33 Å².